The highest BCUT2D eigenvalue weighted by Gasteiger charge is 2.52. The smallest absolute Gasteiger partial charge is 0.399 e. The zero-order valence-electron chi connectivity index (χ0n) is 13.4. The van der Waals surface area contributed by atoms with Crippen molar-refractivity contribution in [1.29, 1.82) is 5.26 Å². The summed E-state index contributed by atoms with van der Waals surface area (Å²) in [6, 6.07) is 2.30. The fraction of sp³-hybridized carbons (Fsp3) is 0.667. The van der Waals surface area contributed by atoms with Crippen molar-refractivity contribution in [1.82, 2.24) is 9.97 Å². The molecule has 1 aromatic rings. The Hall–Kier alpha value is -1.49. The lowest BCUT2D eigenvalue weighted by Crippen LogP contribution is -2.41. The van der Waals surface area contributed by atoms with Crippen LogP contribution in [-0.2, 0) is 19.5 Å². The van der Waals surface area contributed by atoms with E-state index in [1.54, 1.807) is 12.4 Å². The molecule has 6 nitrogen and oxygen atoms in total. The van der Waals surface area contributed by atoms with E-state index in [0.29, 0.717) is 25.5 Å². The van der Waals surface area contributed by atoms with Crippen molar-refractivity contribution < 1.29 is 14.0 Å². The fourth-order valence-electron chi connectivity index (χ4n) is 2.57. The number of ether oxygens (including phenoxy) is 1. The van der Waals surface area contributed by atoms with Crippen LogP contribution < -0.4 is 5.46 Å². The number of hydrogen-bond donors (Lipinski definition) is 0. The molecule has 0 unspecified atom stereocenters. The second kappa shape index (κ2) is 5.02. The largest absolute Gasteiger partial charge is 0.498 e. The molecule has 2 aliphatic heterocycles. The normalized spacial score (nSPS) is 29.5. The van der Waals surface area contributed by atoms with E-state index in [0.717, 1.165) is 5.46 Å². The molecule has 1 aromatic heterocycles. The Balaban J connectivity index is 1.83. The lowest BCUT2D eigenvalue weighted by Gasteiger charge is -2.32. The van der Waals surface area contributed by atoms with Crippen molar-refractivity contribution in [2.45, 2.75) is 50.7 Å². The minimum atomic E-state index is -0.728. The summed E-state index contributed by atoms with van der Waals surface area (Å²) in [6.07, 6.45) is 3.99. The van der Waals surface area contributed by atoms with Gasteiger partial charge in [0.15, 0.2) is 5.82 Å². The summed E-state index contributed by atoms with van der Waals surface area (Å²) < 4.78 is 17.3. The van der Waals surface area contributed by atoms with Gasteiger partial charge in [0, 0.05) is 24.5 Å². The second-order valence-corrected chi connectivity index (χ2v) is 6.92. The molecule has 2 saturated heterocycles. The van der Waals surface area contributed by atoms with Gasteiger partial charge in [-0.2, -0.15) is 5.26 Å². The molecule has 3 heterocycles. The summed E-state index contributed by atoms with van der Waals surface area (Å²) in [5.41, 5.74) is -0.768. The fourth-order valence-corrected chi connectivity index (χ4v) is 2.57. The zero-order valence-corrected chi connectivity index (χ0v) is 13.4. The first-order valence-electron chi connectivity index (χ1n) is 7.47. The summed E-state index contributed by atoms with van der Waals surface area (Å²) in [5, 5.41) is 9.43. The van der Waals surface area contributed by atoms with Crippen LogP contribution in [0.1, 0.15) is 39.9 Å². The summed E-state index contributed by atoms with van der Waals surface area (Å²) in [5.74, 6) is 0.507. The first-order chi connectivity index (χ1) is 10.3. The lowest BCUT2D eigenvalue weighted by molar-refractivity contribution is 0.00578. The highest BCUT2D eigenvalue weighted by Crippen LogP contribution is 2.36. The molecule has 0 saturated carbocycles. The van der Waals surface area contributed by atoms with Gasteiger partial charge in [-0.05, 0) is 34.1 Å². The van der Waals surface area contributed by atoms with E-state index < -0.39 is 23.7 Å². The van der Waals surface area contributed by atoms with Gasteiger partial charge in [0.05, 0.1) is 23.9 Å². The van der Waals surface area contributed by atoms with Crippen LogP contribution in [0, 0.1) is 11.3 Å². The van der Waals surface area contributed by atoms with Crippen LogP contribution >= 0.6 is 0 Å². The van der Waals surface area contributed by atoms with Crippen molar-refractivity contribution in [3.8, 4) is 6.07 Å². The predicted molar refractivity (Wildman–Crippen MR) is 80.5 cm³/mol. The minimum absolute atomic E-state index is 0.347. The maximum absolute atomic E-state index is 9.43. The molecule has 0 amide bonds. The van der Waals surface area contributed by atoms with Gasteiger partial charge in [-0.25, -0.2) is 9.97 Å². The van der Waals surface area contributed by atoms with E-state index in [1.807, 2.05) is 27.7 Å². The highest BCUT2D eigenvalue weighted by molar-refractivity contribution is 6.61. The number of nitriles is 1. The van der Waals surface area contributed by atoms with Gasteiger partial charge < -0.3 is 14.0 Å². The summed E-state index contributed by atoms with van der Waals surface area (Å²) in [6.45, 7) is 8.92. The van der Waals surface area contributed by atoms with E-state index in [4.69, 9.17) is 14.0 Å². The van der Waals surface area contributed by atoms with Crippen molar-refractivity contribution in [3.05, 3.63) is 18.2 Å². The van der Waals surface area contributed by atoms with Crippen LogP contribution in [-0.4, -0.2) is 41.5 Å². The first-order valence-corrected chi connectivity index (χ1v) is 7.47. The van der Waals surface area contributed by atoms with E-state index in [1.165, 1.54) is 0 Å². The number of nitrogens with zero attached hydrogens (tertiary/aromatic N) is 3. The van der Waals surface area contributed by atoms with Crippen molar-refractivity contribution in [2.75, 3.05) is 13.2 Å². The quantitative estimate of drug-likeness (QED) is 0.757. The molecule has 7 heteroatoms. The van der Waals surface area contributed by atoms with Crippen LogP contribution in [0.25, 0.3) is 0 Å². The molecule has 3 rings (SSSR count). The highest BCUT2D eigenvalue weighted by atomic mass is 16.7. The molecule has 116 valence electrons. The molecular formula is C15H20BN3O3. The molecule has 0 spiro atoms. The molecule has 0 aromatic carbocycles. The van der Waals surface area contributed by atoms with Gasteiger partial charge in [0.1, 0.15) is 5.41 Å². The average molecular weight is 301 g/mol. The molecular weight excluding hydrogens is 281 g/mol. The van der Waals surface area contributed by atoms with E-state index in [2.05, 4.69) is 16.0 Å². The van der Waals surface area contributed by atoms with Gasteiger partial charge in [0.2, 0.25) is 0 Å². The Kier molecular flexibility index (Phi) is 3.51. The van der Waals surface area contributed by atoms with E-state index in [9.17, 15) is 5.26 Å². The van der Waals surface area contributed by atoms with Crippen LogP contribution in [0.2, 0.25) is 0 Å². The van der Waals surface area contributed by atoms with E-state index >= 15 is 0 Å². The molecule has 22 heavy (non-hydrogen) atoms. The molecule has 0 aliphatic carbocycles. The Morgan fingerprint density at radius 2 is 1.73 bits per heavy atom. The van der Waals surface area contributed by atoms with Crippen LogP contribution in [0.15, 0.2) is 12.4 Å². The Bertz CT molecular complexity index is 587. The van der Waals surface area contributed by atoms with Crippen LogP contribution in [0.4, 0.5) is 0 Å². The summed E-state index contributed by atoms with van der Waals surface area (Å²) >= 11 is 0. The third kappa shape index (κ3) is 2.32. The Labute approximate surface area is 130 Å². The molecule has 0 N–H and O–H groups in total. The minimum Gasteiger partial charge on any atom is -0.399 e. The average Bonchev–Trinajstić information content (AvgIpc) is 3.03. The third-order valence-electron chi connectivity index (χ3n) is 4.86. The number of rotatable bonds is 2. The standard InChI is InChI=1S/C15H20BN3O3/c1-13(2)14(3,4)22-16(21-13)11-7-18-12(19-8-11)15(9-17)5-6-20-10-15/h7-8H,5-6,10H2,1-4H3/t15-/m1/s1. The third-order valence-corrected chi connectivity index (χ3v) is 4.86. The molecule has 2 fully saturated rings. The lowest BCUT2D eigenvalue weighted by atomic mass is 9.81. The maximum Gasteiger partial charge on any atom is 0.498 e. The zero-order chi connectivity index (χ0) is 16.0. The van der Waals surface area contributed by atoms with Crippen molar-refractivity contribution in [2.24, 2.45) is 0 Å². The predicted octanol–water partition coefficient (Wildman–Crippen LogP) is 0.957. The monoisotopic (exact) mass is 301 g/mol. The van der Waals surface area contributed by atoms with Gasteiger partial charge in [-0.3, -0.25) is 0 Å². The SMILES string of the molecule is CC1(C)OB(c2cnc([C@@]3(C#N)CCOC3)nc2)OC1(C)C. The van der Waals surface area contributed by atoms with Crippen molar-refractivity contribution in [3.63, 3.8) is 0 Å². The maximum atomic E-state index is 9.43. The Morgan fingerprint density at radius 3 is 2.18 bits per heavy atom. The molecule has 1 atom stereocenters. The Morgan fingerprint density at radius 1 is 1.14 bits per heavy atom. The number of hydrogen-bond acceptors (Lipinski definition) is 6. The summed E-state index contributed by atoms with van der Waals surface area (Å²) in [4.78, 5) is 8.74. The van der Waals surface area contributed by atoms with Crippen molar-refractivity contribution >= 4 is 12.6 Å². The van der Waals surface area contributed by atoms with Gasteiger partial charge in [-0.1, -0.05) is 0 Å². The van der Waals surface area contributed by atoms with Gasteiger partial charge >= 0.3 is 7.12 Å². The summed E-state index contributed by atoms with van der Waals surface area (Å²) in [7, 11) is -0.489. The van der Waals surface area contributed by atoms with Gasteiger partial charge in [0.25, 0.3) is 0 Å². The van der Waals surface area contributed by atoms with Crippen LogP contribution in [0.3, 0.4) is 0 Å². The molecule has 2 aliphatic rings. The first kappa shape index (κ1) is 15.4. The van der Waals surface area contributed by atoms with Crippen LogP contribution in [0.5, 0.6) is 0 Å². The van der Waals surface area contributed by atoms with E-state index in [-0.39, 0.29) is 0 Å². The second-order valence-electron chi connectivity index (χ2n) is 6.92. The topological polar surface area (TPSA) is 77.3 Å². The van der Waals surface area contributed by atoms with Gasteiger partial charge in [-0.15, -0.1) is 0 Å². The number of aromatic nitrogens is 2. The molecule has 0 bridgehead atoms. The molecule has 0 radical (unpaired) electrons.